The predicted molar refractivity (Wildman–Crippen MR) is 143 cm³/mol. The zero-order valence-electron chi connectivity index (χ0n) is 20.5. The van der Waals surface area contributed by atoms with Gasteiger partial charge in [-0.1, -0.05) is 53.2 Å². The van der Waals surface area contributed by atoms with Gasteiger partial charge in [0.15, 0.2) is 11.0 Å². The Balaban J connectivity index is 1.58. The molecule has 3 aromatic carbocycles. The molecule has 0 saturated carbocycles. The minimum Gasteiger partial charge on any atom is -0.495 e. The van der Waals surface area contributed by atoms with Crippen molar-refractivity contribution in [2.45, 2.75) is 25.9 Å². The number of hydrogen-bond acceptors (Lipinski definition) is 6. The number of anilines is 2. The Labute approximate surface area is 214 Å². The van der Waals surface area contributed by atoms with Crippen LogP contribution in [0.3, 0.4) is 0 Å². The first-order valence-electron chi connectivity index (χ1n) is 11.3. The van der Waals surface area contributed by atoms with Crippen LogP contribution in [-0.4, -0.2) is 39.4 Å². The molecule has 0 atom stereocenters. The van der Waals surface area contributed by atoms with E-state index in [1.807, 2.05) is 60.9 Å². The summed E-state index contributed by atoms with van der Waals surface area (Å²) in [4.78, 5) is 24.3. The van der Waals surface area contributed by atoms with Crippen molar-refractivity contribution in [2.24, 2.45) is 0 Å². The topological polar surface area (TPSA) is 98.1 Å². The summed E-state index contributed by atoms with van der Waals surface area (Å²) in [5.41, 5.74) is 5.15. The zero-order valence-corrected chi connectivity index (χ0v) is 21.3. The number of nitrogens with one attached hydrogen (secondary N) is 2. The van der Waals surface area contributed by atoms with Gasteiger partial charge in [0.2, 0.25) is 11.8 Å². The van der Waals surface area contributed by atoms with Crippen LogP contribution in [0, 0.1) is 13.8 Å². The SMILES string of the molecule is COc1ccc(NC(C)=O)cc1NC(=O)CSc1nnc(-c2cccc(C)c2)n1-c1ccc(C)cc1. The van der Waals surface area contributed by atoms with Crippen LogP contribution in [0.1, 0.15) is 18.1 Å². The summed E-state index contributed by atoms with van der Waals surface area (Å²) in [5.74, 6) is 0.856. The molecule has 0 unspecified atom stereocenters. The molecule has 0 saturated heterocycles. The van der Waals surface area contributed by atoms with Crippen LogP contribution >= 0.6 is 11.8 Å². The zero-order chi connectivity index (χ0) is 25.7. The number of amides is 2. The third-order valence-electron chi connectivity index (χ3n) is 5.33. The fourth-order valence-corrected chi connectivity index (χ4v) is 4.42. The minimum absolute atomic E-state index is 0.103. The number of thioether (sulfide) groups is 1. The number of benzene rings is 3. The van der Waals surface area contributed by atoms with E-state index in [4.69, 9.17) is 4.74 Å². The van der Waals surface area contributed by atoms with Gasteiger partial charge >= 0.3 is 0 Å². The second-order valence-electron chi connectivity index (χ2n) is 8.28. The Morgan fingerprint density at radius 2 is 1.72 bits per heavy atom. The molecule has 0 bridgehead atoms. The summed E-state index contributed by atoms with van der Waals surface area (Å²) < 4.78 is 7.32. The van der Waals surface area contributed by atoms with Crippen molar-refractivity contribution in [2.75, 3.05) is 23.5 Å². The summed E-state index contributed by atoms with van der Waals surface area (Å²) >= 11 is 1.29. The van der Waals surface area contributed by atoms with Crippen molar-refractivity contribution in [1.82, 2.24) is 14.8 Å². The Bertz CT molecular complexity index is 1400. The molecule has 184 valence electrons. The molecule has 4 aromatic rings. The van der Waals surface area contributed by atoms with Crippen LogP contribution in [0.2, 0.25) is 0 Å². The average molecular weight is 502 g/mol. The molecule has 0 fully saturated rings. The van der Waals surface area contributed by atoms with Gasteiger partial charge < -0.3 is 15.4 Å². The number of hydrogen-bond donors (Lipinski definition) is 2. The smallest absolute Gasteiger partial charge is 0.234 e. The lowest BCUT2D eigenvalue weighted by molar-refractivity contribution is -0.114. The molecule has 0 aliphatic rings. The van der Waals surface area contributed by atoms with Crippen molar-refractivity contribution >= 4 is 35.0 Å². The maximum Gasteiger partial charge on any atom is 0.234 e. The van der Waals surface area contributed by atoms with Gasteiger partial charge in [-0.3, -0.25) is 14.2 Å². The van der Waals surface area contributed by atoms with E-state index in [-0.39, 0.29) is 17.6 Å². The first-order chi connectivity index (χ1) is 17.3. The lowest BCUT2D eigenvalue weighted by atomic mass is 10.1. The fraction of sp³-hybridized carbons (Fsp3) is 0.185. The van der Waals surface area contributed by atoms with Crippen molar-refractivity contribution in [1.29, 1.82) is 0 Å². The number of nitrogens with zero attached hydrogens (tertiary/aromatic N) is 3. The quantitative estimate of drug-likeness (QED) is 0.320. The molecule has 0 radical (unpaired) electrons. The van der Waals surface area contributed by atoms with Gasteiger partial charge in [-0.05, 0) is 50.2 Å². The summed E-state index contributed by atoms with van der Waals surface area (Å²) in [7, 11) is 1.52. The molecule has 1 heterocycles. The van der Waals surface area contributed by atoms with Crippen LogP contribution in [-0.2, 0) is 9.59 Å². The molecule has 8 nitrogen and oxygen atoms in total. The number of aryl methyl sites for hydroxylation is 2. The molecule has 36 heavy (non-hydrogen) atoms. The Morgan fingerprint density at radius 1 is 0.944 bits per heavy atom. The Hall–Kier alpha value is -4.11. The van der Waals surface area contributed by atoms with E-state index in [0.29, 0.717) is 28.1 Å². The predicted octanol–water partition coefficient (Wildman–Crippen LogP) is 5.25. The highest BCUT2D eigenvalue weighted by molar-refractivity contribution is 7.99. The molecular formula is C27H27N5O3S. The van der Waals surface area contributed by atoms with E-state index in [1.165, 1.54) is 25.8 Å². The molecule has 1 aromatic heterocycles. The minimum atomic E-state index is -0.242. The van der Waals surface area contributed by atoms with Gasteiger partial charge in [0.1, 0.15) is 5.75 Å². The molecule has 0 spiro atoms. The van der Waals surface area contributed by atoms with Gasteiger partial charge in [-0.15, -0.1) is 10.2 Å². The summed E-state index contributed by atoms with van der Waals surface area (Å²) in [5, 5.41) is 15.0. The van der Waals surface area contributed by atoms with E-state index in [9.17, 15) is 9.59 Å². The molecule has 2 N–H and O–H groups in total. The fourth-order valence-electron chi connectivity index (χ4n) is 3.66. The number of methoxy groups -OCH3 is 1. The maximum absolute atomic E-state index is 12.9. The Morgan fingerprint density at radius 3 is 2.42 bits per heavy atom. The second-order valence-corrected chi connectivity index (χ2v) is 9.22. The normalized spacial score (nSPS) is 10.7. The summed E-state index contributed by atoms with van der Waals surface area (Å²) in [6, 6.07) is 21.2. The monoisotopic (exact) mass is 501 g/mol. The van der Waals surface area contributed by atoms with Crippen LogP contribution in [0.15, 0.2) is 71.9 Å². The van der Waals surface area contributed by atoms with E-state index < -0.39 is 0 Å². The Kier molecular flexibility index (Phi) is 7.70. The van der Waals surface area contributed by atoms with Gasteiger partial charge in [-0.25, -0.2) is 0 Å². The average Bonchev–Trinajstić information content (AvgIpc) is 3.27. The summed E-state index contributed by atoms with van der Waals surface area (Å²) in [6.45, 7) is 5.49. The van der Waals surface area contributed by atoms with E-state index in [1.54, 1.807) is 18.2 Å². The van der Waals surface area contributed by atoms with Crippen molar-refractivity contribution in [3.63, 3.8) is 0 Å². The molecule has 4 rings (SSSR count). The van der Waals surface area contributed by atoms with Crippen molar-refractivity contribution < 1.29 is 14.3 Å². The number of carbonyl (C=O) groups excluding carboxylic acids is 2. The van der Waals surface area contributed by atoms with E-state index in [0.717, 1.165) is 22.4 Å². The largest absolute Gasteiger partial charge is 0.495 e. The lowest BCUT2D eigenvalue weighted by Gasteiger charge is -2.13. The maximum atomic E-state index is 12.9. The molecule has 9 heteroatoms. The number of rotatable bonds is 8. The first-order valence-corrected chi connectivity index (χ1v) is 12.3. The lowest BCUT2D eigenvalue weighted by Crippen LogP contribution is -2.16. The third kappa shape index (κ3) is 5.92. The van der Waals surface area contributed by atoms with Crippen LogP contribution < -0.4 is 15.4 Å². The molecular weight excluding hydrogens is 474 g/mol. The van der Waals surface area contributed by atoms with Crippen LogP contribution in [0.25, 0.3) is 17.1 Å². The van der Waals surface area contributed by atoms with Crippen molar-refractivity contribution in [3.05, 3.63) is 77.9 Å². The number of carbonyl (C=O) groups is 2. The highest BCUT2D eigenvalue weighted by Crippen LogP contribution is 2.30. The molecule has 2 amide bonds. The van der Waals surface area contributed by atoms with Crippen LogP contribution in [0.5, 0.6) is 5.75 Å². The van der Waals surface area contributed by atoms with Crippen LogP contribution in [0.4, 0.5) is 11.4 Å². The molecule has 0 aliphatic heterocycles. The highest BCUT2D eigenvalue weighted by Gasteiger charge is 2.18. The standard InChI is InChI=1S/C27H27N5O3S/c1-17-8-11-22(12-9-17)32-26(20-7-5-6-18(2)14-20)30-31-27(32)36-16-25(34)29-23-15-21(28-19(3)33)10-13-24(23)35-4/h5-15H,16H2,1-4H3,(H,28,33)(H,29,34). The summed E-state index contributed by atoms with van der Waals surface area (Å²) in [6.07, 6.45) is 0. The number of aromatic nitrogens is 3. The first kappa shape index (κ1) is 25.0. The van der Waals surface area contributed by atoms with Gasteiger partial charge in [0.05, 0.1) is 18.6 Å². The van der Waals surface area contributed by atoms with Gasteiger partial charge in [0.25, 0.3) is 0 Å². The molecule has 0 aliphatic carbocycles. The van der Waals surface area contributed by atoms with Crippen molar-refractivity contribution in [3.8, 4) is 22.8 Å². The van der Waals surface area contributed by atoms with E-state index >= 15 is 0 Å². The van der Waals surface area contributed by atoms with Gasteiger partial charge in [-0.2, -0.15) is 0 Å². The van der Waals surface area contributed by atoms with Gasteiger partial charge in [0, 0.05) is 23.9 Å². The second kappa shape index (κ2) is 11.1. The number of ether oxygens (including phenoxy) is 1. The van der Waals surface area contributed by atoms with E-state index in [2.05, 4.69) is 26.9 Å². The third-order valence-corrected chi connectivity index (χ3v) is 6.26. The highest BCUT2D eigenvalue weighted by atomic mass is 32.2.